The lowest BCUT2D eigenvalue weighted by molar-refractivity contribution is 0.459. The molecule has 0 aromatic carbocycles. The highest BCUT2D eigenvalue weighted by Gasteiger charge is 1.93. The maximum Gasteiger partial charge on any atom is 0.209 e. The third-order valence-corrected chi connectivity index (χ3v) is 2.13. The maximum atomic E-state index is 10.00. The van der Waals surface area contributed by atoms with Crippen LogP contribution in [0.1, 0.15) is 20.3 Å². The van der Waals surface area contributed by atoms with E-state index >= 15 is 0 Å². The van der Waals surface area contributed by atoms with Crippen molar-refractivity contribution in [2.75, 3.05) is 0 Å². The Morgan fingerprint density at radius 2 is 2.33 bits per heavy atom. The van der Waals surface area contributed by atoms with Gasteiger partial charge in [-0.1, -0.05) is 20.3 Å². The summed E-state index contributed by atoms with van der Waals surface area (Å²) in [5, 5.41) is 0. The summed E-state index contributed by atoms with van der Waals surface area (Å²) in [7, 11) is -0.912. The second-order valence-electron chi connectivity index (χ2n) is 1.68. The third kappa shape index (κ3) is 2.42. The van der Waals surface area contributed by atoms with E-state index in [9.17, 15) is 4.80 Å². The van der Waals surface area contributed by atoms with Crippen LogP contribution in [0.25, 0.3) is 0 Å². The van der Waals surface area contributed by atoms with Crippen molar-refractivity contribution in [1.29, 1.82) is 0 Å². The highest BCUT2D eigenvalue weighted by atomic mass is 28.2. The highest BCUT2D eigenvalue weighted by molar-refractivity contribution is 6.27. The maximum absolute atomic E-state index is 10.00. The van der Waals surface area contributed by atoms with Crippen molar-refractivity contribution in [1.82, 2.24) is 0 Å². The Kier molecular flexibility index (Phi) is 3.47. The van der Waals surface area contributed by atoms with Gasteiger partial charge in [-0.05, 0) is 5.54 Å². The van der Waals surface area contributed by atoms with Gasteiger partial charge in [0, 0.05) is 0 Å². The molecule has 0 aliphatic rings. The molecule has 0 aromatic heterocycles. The molecule has 0 fully saturated rings. The minimum atomic E-state index is -0.912. The molecular weight excluding hydrogens is 92.1 g/mol. The Balaban J connectivity index is 2.75. The average Bonchev–Trinajstić information content (AvgIpc) is 1.65. The largest absolute Gasteiger partial charge is 0.306 e. The van der Waals surface area contributed by atoms with Crippen molar-refractivity contribution in [2.24, 2.45) is 0 Å². The van der Waals surface area contributed by atoms with Crippen molar-refractivity contribution in [3.8, 4) is 0 Å². The van der Waals surface area contributed by atoms with E-state index in [0.29, 0.717) is 5.54 Å². The van der Waals surface area contributed by atoms with E-state index in [1.165, 1.54) is 0 Å². The van der Waals surface area contributed by atoms with Gasteiger partial charge in [0.1, 0.15) is 0 Å². The molecule has 0 amide bonds. The predicted octanol–water partition coefficient (Wildman–Crippen LogP) is 0.719. The summed E-state index contributed by atoms with van der Waals surface area (Å²) in [6.45, 7) is 4.09. The van der Waals surface area contributed by atoms with Gasteiger partial charge in [0.2, 0.25) is 9.76 Å². The second-order valence-corrected chi connectivity index (χ2v) is 3.41. The molecule has 0 spiro atoms. The zero-order valence-electron chi connectivity index (χ0n) is 4.40. The summed E-state index contributed by atoms with van der Waals surface area (Å²) in [5.41, 5.74) is 0.519. The molecule has 0 N–H and O–H groups in total. The minimum Gasteiger partial charge on any atom is -0.306 e. The van der Waals surface area contributed by atoms with Gasteiger partial charge in [-0.15, -0.1) is 0 Å². The zero-order valence-corrected chi connectivity index (χ0v) is 5.81. The molecule has 0 heterocycles. The van der Waals surface area contributed by atoms with Crippen molar-refractivity contribution < 1.29 is 4.80 Å². The van der Waals surface area contributed by atoms with Gasteiger partial charge in [-0.3, -0.25) is 0 Å². The summed E-state index contributed by atoms with van der Waals surface area (Å²) in [5.74, 6) is 0. The lowest BCUT2D eigenvalue weighted by Gasteiger charge is -1.94. The predicted molar refractivity (Wildman–Crippen MR) is 28.9 cm³/mol. The monoisotopic (exact) mass is 103 g/mol. The average molecular weight is 103 g/mol. The van der Waals surface area contributed by atoms with E-state index in [-0.39, 0.29) is 0 Å². The van der Waals surface area contributed by atoms with Gasteiger partial charge in [0.05, 0.1) is 0 Å². The number of rotatable bonds is 2. The molecular formula is C4H11OSi. The topological polar surface area (TPSA) is 19.9 Å². The first-order valence-corrected chi connectivity index (χ1v) is 3.78. The first-order chi connectivity index (χ1) is 2.81. The van der Waals surface area contributed by atoms with Crippen molar-refractivity contribution >= 4 is 9.76 Å². The molecule has 1 radical (unpaired) electrons. The summed E-state index contributed by atoms with van der Waals surface area (Å²) < 4.78 is 0. The van der Waals surface area contributed by atoms with Gasteiger partial charge < -0.3 is 4.80 Å². The molecule has 0 bridgehead atoms. The second kappa shape index (κ2) is 3.37. The Labute approximate surface area is 41.3 Å². The van der Waals surface area contributed by atoms with Gasteiger partial charge in [-0.2, -0.15) is 0 Å². The van der Waals surface area contributed by atoms with E-state index in [0.717, 1.165) is 6.42 Å². The molecule has 0 saturated heterocycles. The standard InChI is InChI=1S/C4H11OSi/c1-3-4(2)6-5/h4H,3,6H2,1-2H3. The molecule has 1 nitrogen and oxygen atoms in total. The fraction of sp³-hybridized carbons (Fsp3) is 1.00. The molecule has 37 valence electrons. The summed E-state index contributed by atoms with van der Waals surface area (Å²) in [4.78, 5) is 10.00. The summed E-state index contributed by atoms with van der Waals surface area (Å²) >= 11 is 0. The van der Waals surface area contributed by atoms with Crippen LogP contribution in [0.15, 0.2) is 0 Å². The fourth-order valence-electron chi connectivity index (χ4n) is 0.118. The molecule has 0 rings (SSSR count). The summed E-state index contributed by atoms with van der Waals surface area (Å²) in [6.07, 6.45) is 1.08. The van der Waals surface area contributed by atoms with Crippen molar-refractivity contribution in [3.63, 3.8) is 0 Å². The lowest BCUT2D eigenvalue weighted by atomic mass is 10.4. The van der Waals surface area contributed by atoms with E-state index in [1.54, 1.807) is 0 Å². The van der Waals surface area contributed by atoms with E-state index < -0.39 is 9.76 Å². The minimum absolute atomic E-state index is 0.519. The molecule has 1 unspecified atom stereocenters. The van der Waals surface area contributed by atoms with E-state index in [4.69, 9.17) is 0 Å². The molecule has 1 atom stereocenters. The van der Waals surface area contributed by atoms with Crippen LogP contribution in [-0.2, 0) is 4.80 Å². The van der Waals surface area contributed by atoms with Gasteiger partial charge in [-0.25, -0.2) is 0 Å². The van der Waals surface area contributed by atoms with E-state index in [2.05, 4.69) is 6.92 Å². The molecule has 0 aliphatic heterocycles. The van der Waals surface area contributed by atoms with Gasteiger partial charge >= 0.3 is 0 Å². The lowest BCUT2D eigenvalue weighted by Crippen LogP contribution is -1.92. The van der Waals surface area contributed by atoms with Crippen LogP contribution in [0.3, 0.4) is 0 Å². The smallest absolute Gasteiger partial charge is 0.209 e. The first kappa shape index (κ1) is 6.18. The molecule has 0 aliphatic carbocycles. The Bertz CT molecular complexity index is 26.7. The van der Waals surface area contributed by atoms with Crippen LogP contribution in [0.2, 0.25) is 5.54 Å². The fourth-order valence-corrected chi connectivity index (χ4v) is 0.354. The van der Waals surface area contributed by atoms with Crippen LogP contribution in [0.4, 0.5) is 0 Å². The SMILES string of the molecule is CCC(C)[SiH2][O]. The molecule has 6 heavy (non-hydrogen) atoms. The number of hydrogen-bond acceptors (Lipinski definition) is 0. The molecule has 0 saturated carbocycles. The third-order valence-electron chi connectivity index (χ3n) is 0.981. The Hall–Kier alpha value is 0.177. The van der Waals surface area contributed by atoms with Crippen molar-refractivity contribution in [3.05, 3.63) is 0 Å². The summed E-state index contributed by atoms with van der Waals surface area (Å²) in [6, 6.07) is 0. The first-order valence-electron chi connectivity index (χ1n) is 2.39. The Morgan fingerprint density at radius 1 is 1.83 bits per heavy atom. The van der Waals surface area contributed by atoms with Crippen LogP contribution >= 0.6 is 0 Å². The van der Waals surface area contributed by atoms with Gasteiger partial charge in [0.25, 0.3) is 0 Å². The molecule has 0 aromatic rings. The Morgan fingerprint density at radius 3 is 2.33 bits per heavy atom. The zero-order chi connectivity index (χ0) is 4.99. The van der Waals surface area contributed by atoms with Crippen LogP contribution in [0, 0.1) is 0 Å². The van der Waals surface area contributed by atoms with Crippen LogP contribution in [0.5, 0.6) is 0 Å². The normalized spacial score (nSPS) is 16.5. The highest BCUT2D eigenvalue weighted by Crippen LogP contribution is 2.02. The molecule has 2 heteroatoms. The van der Waals surface area contributed by atoms with Crippen molar-refractivity contribution in [2.45, 2.75) is 25.8 Å². The van der Waals surface area contributed by atoms with E-state index in [1.807, 2.05) is 6.92 Å². The van der Waals surface area contributed by atoms with Crippen LogP contribution in [-0.4, -0.2) is 9.76 Å². The van der Waals surface area contributed by atoms with Gasteiger partial charge in [0.15, 0.2) is 0 Å². The number of hydrogen-bond donors (Lipinski definition) is 0. The van der Waals surface area contributed by atoms with Crippen LogP contribution < -0.4 is 0 Å². The quantitative estimate of drug-likeness (QED) is 0.459.